The second-order valence-electron chi connectivity index (χ2n) is 4.54. The number of fused-ring (bicyclic) bond motifs is 1. The number of carbonyl (C=O) groups excluding carboxylic acids is 3. The standard InChI is InChI=1S/C13H15N3O3.ClH/c1-7(6-14)15-11(17)8-3-4-9-10(5-8)13(19)16(2)12(9)18;/h3-5,7H,6,14H2,1-2H3,(H,15,17);1H/t7-;/m0./s1. The minimum absolute atomic E-state index is 0. The van der Waals surface area contributed by atoms with Crippen LogP contribution in [0.25, 0.3) is 0 Å². The molecule has 0 unspecified atom stereocenters. The molecule has 1 aromatic carbocycles. The Labute approximate surface area is 122 Å². The van der Waals surface area contributed by atoms with Crippen molar-refractivity contribution in [2.45, 2.75) is 13.0 Å². The molecule has 6 nitrogen and oxygen atoms in total. The molecule has 3 N–H and O–H groups in total. The maximum Gasteiger partial charge on any atom is 0.261 e. The lowest BCUT2D eigenvalue weighted by atomic mass is 10.1. The van der Waals surface area contributed by atoms with E-state index >= 15 is 0 Å². The molecule has 0 aliphatic carbocycles. The van der Waals surface area contributed by atoms with Gasteiger partial charge in [-0.25, -0.2) is 0 Å². The van der Waals surface area contributed by atoms with E-state index < -0.39 is 0 Å². The van der Waals surface area contributed by atoms with Crippen molar-refractivity contribution in [3.8, 4) is 0 Å². The number of halogens is 1. The van der Waals surface area contributed by atoms with E-state index in [4.69, 9.17) is 5.73 Å². The van der Waals surface area contributed by atoms with Crippen molar-refractivity contribution in [2.75, 3.05) is 13.6 Å². The van der Waals surface area contributed by atoms with Crippen molar-refractivity contribution in [2.24, 2.45) is 5.73 Å². The summed E-state index contributed by atoms with van der Waals surface area (Å²) < 4.78 is 0. The van der Waals surface area contributed by atoms with Gasteiger partial charge in [-0.3, -0.25) is 19.3 Å². The van der Waals surface area contributed by atoms with Crippen LogP contribution in [-0.4, -0.2) is 42.3 Å². The predicted molar refractivity (Wildman–Crippen MR) is 76.1 cm³/mol. The highest BCUT2D eigenvalue weighted by Gasteiger charge is 2.33. The number of nitrogens with two attached hydrogens (primary N) is 1. The number of carbonyl (C=O) groups is 3. The first-order valence-electron chi connectivity index (χ1n) is 5.93. The normalized spacial score (nSPS) is 14.7. The molecule has 0 saturated heterocycles. The Balaban J connectivity index is 0.00000200. The fourth-order valence-corrected chi connectivity index (χ4v) is 1.87. The monoisotopic (exact) mass is 297 g/mol. The Hall–Kier alpha value is -1.92. The minimum Gasteiger partial charge on any atom is -0.348 e. The summed E-state index contributed by atoms with van der Waals surface area (Å²) >= 11 is 0. The highest BCUT2D eigenvalue weighted by atomic mass is 35.5. The van der Waals surface area contributed by atoms with E-state index in [1.807, 2.05) is 0 Å². The molecule has 1 aliphatic rings. The highest BCUT2D eigenvalue weighted by Crippen LogP contribution is 2.22. The first kappa shape index (κ1) is 16.1. The molecule has 0 spiro atoms. The van der Waals surface area contributed by atoms with Crippen LogP contribution in [0.15, 0.2) is 18.2 Å². The smallest absolute Gasteiger partial charge is 0.261 e. The highest BCUT2D eigenvalue weighted by molar-refractivity contribution is 6.21. The zero-order valence-corrected chi connectivity index (χ0v) is 12.0. The second-order valence-corrected chi connectivity index (χ2v) is 4.54. The molecule has 0 saturated carbocycles. The van der Waals surface area contributed by atoms with Crippen LogP contribution in [0.2, 0.25) is 0 Å². The molecule has 20 heavy (non-hydrogen) atoms. The van der Waals surface area contributed by atoms with Gasteiger partial charge in [0, 0.05) is 25.2 Å². The summed E-state index contributed by atoms with van der Waals surface area (Å²) in [5.41, 5.74) is 6.36. The van der Waals surface area contributed by atoms with Crippen molar-refractivity contribution in [1.29, 1.82) is 0 Å². The first-order chi connectivity index (χ1) is 8.95. The lowest BCUT2D eigenvalue weighted by Crippen LogP contribution is -2.37. The number of rotatable bonds is 3. The van der Waals surface area contributed by atoms with Crippen LogP contribution in [0.5, 0.6) is 0 Å². The number of amides is 3. The minimum atomic E-state index is -0.387. The van der Waals surface area contributed by atoms with Gasteiger partial charge in [-0.2, -0.15) is 0 Å². The molecule has 0 radical (unpaired) electrons. The van der Waals surface area contributed by atoms with Crippen LogP contribution in [-0.2, 0) is 0 Å². The lowest BCUT2D eigenvalue weighted by molar-refractivity contribution is 0.0693. The van der Waals surface area contributed by atoms with Crippen molar-refractivity contribution in [1.82, 2.24) is 10.2 Å². The fraction of sp³-hybridized carbons (Fsp3) is 0.308. The van der Waals surface area contributed by atoms with Gasteiger partial charge >= 0.3 is 0 Å². The lowest BCUT2D eigenvalue weighted by Gasteiger charge is -2.11. The summed E-state index contributed by atoms with van der Waals surface area (Å²) in [5, 5.41) is 2.70. The number of imide groups is 1. The number of nitrogens with one attached hydrogen (secondary N) is 1. The van der Waals surface area contributed by atoms with Gasteiger partial charge < -0.3 is 11.1 Å². The summed E-state index contributed by atoms with van der Waals surface area (Å²) in [7, 11) is 1.42. The van der Waals surface area contributed by atoms with Crippen molar-refractivity contribution in [3.63, 3.8) is 0 Å². The van der Waals surface area contributed by atoms with Crippen LogP contribution in [0.1, 0.15) is 38.0 Å². The molecule has 1 heterocycles. The Morgan fingerprint density at radius 3 is 2.50 bits per heavy atom. The third-order valence-corrected chi connectivity index (χ3v) is 3.08. The first-order valence-corrected chi connectivity index (χ1v) is 5.93. The van der Waals surface area contributed by atoms with E-state index in [9.17, 15) is 14.4 Å². The summed E-state index contributed by atoms with van der Waals surface area (Å²) in [5.74, 6) is -1.04. The van der Waals surface area contributed by atoms with Crippen LogP contribution < -0.4 is 11.1 Å². The molecule has 0 fully saturated rings. The SMILES string of the molecule is C[C@@H](CN)NC(=O)c1ccc2c(c1)C(=O)N(C)C2=O.Cl. The van der Waals surface area contributed by atoms with Gasteiger partial charge in [0.15, 0.2) is 0 Å². The zero-order chi connectivity index (χ0) is 14.2. The Kier molecular flexibility index (Phi) is 4.86. The number of benzene rings is 1. The zero-order valence-electron chi connectivity index (χ0n) is 11.2. The molecule has 2 rings (SSSR count). The molecule has 1 aromatic rings. The van der Waals surface area contributed by atoms with Crippen LogP contribution >= 0.6 is 12.4 Å². The quantitative estimate of drug-likeness (QED) is 0.790. The van der Waals surface area contributed by atoms with E-state index in [1.165, 1.54) is 25.2 Å². The van der Waals surface area contributed by atoms with Gasteiger partial charge in [-0.1, -0.05) is 0 Å². The van der Waals surface area contributed by atoms with Gasteiger partial charge in [0.25, 0.3) is 17.7 Å². The average Bonchev–Trinajstić information content (AvgIpc) is 2.63. The second kappa shape index (κ2) is 6.02. The summed E-state index contributed by atoms with van der Waals surface area (Å²) in [6, 6.07) is 4.32. The fourth-order valence-electron chi connectivity index (χ4n) is 1.87. The molecular weight excluding hydrogens is 282 g/mol. The third-order valence-electron chi connectivity index (χ3n) is 3.08. The van der Waals surface area contributed by atoms with E-state index in [2.05, 4.69) is 5.32 Å². The van der Waals surface area contributed by atoms with E-state index in [0.717, 1.165) is 4.90 Å². The van der Waals surface area contributed by atoms with Gasteiger partial charge in [0.05, 0.1) is 11.1 Å². The maximum atomic E-state index is 11.9. The predicted octanol–water partition coefficient (Wildman–Crippen LogP) is 0.411. The van der Waals surface area contributed by atoms with E-state index in [0.29, 0.717) is 17.7 Å². The number of nitrogens with zero attached hydrogens (tertiary/aromatic N) is 1. The van der Waals surface area contributed by atoms with E-state index in [1.54, 1.807) is 6.92 Å². The number of hydrogen-bond donors (Lipinski definition) is 2. The molecule has 0 aromatic heterocycles. The third kappa shape index (κ3) is 2.66. The molecule has 1 atom stereocenters. The van der Waals surface area contributed by atoms with Gasteiger partial charge in [-0.05, 0) is 25.1 Å². The van der Waals surface area contributed by atoms with Gasteiger partial charge in [0.2, 0.25) is 0 Å². The van der Waals surface area contributed by atoms with Crippen molar-refractivity contribution >= 4 is 30.1 Å². The summed E-state index contributed by atoms with van der Waals surface area (Å²) in [6.45, 7) is 2.12. The molecule has 1 aliphatic heterocycles. The Bertz CT molecular complexity index is 574. The van der Waals surface area contributed by atoms with Crippen molar-refractivity contribution in [3.05, 3.63) is 34.9 Å². The van der Waals surface area contributed by atoms with Crippen molar-refractivity contribution < 1.29 is 14.4 Å². The topological polar surface area (TPSA) is 92.5 Å². The van der Waals surface area contributed by atoms with Gasteiger partial charge in [-0.15, -0.1) is 12.4 Å². The average molecular weight is 298 g/mol. The molecule has 3 amide bonds. The number of hydrogen-bond acceptors (Lipinski definition) is 4. The molecular formula is C13H16ClN3O3. The molecule has 108 valence electrons. The summed E-state index contributed by atoms with van der Waals surface area (Å²) in [6.07, 6.45) is 0. The molecule has 0 bridgehead atoms. The largest absolute Gasteiger partial charge is 0.348 e. The van der Waals surface area contributed by atoms with Crippen LogP contribution in [0.4, 0.5) is 0 Å². The van der Waals surface area contributed by atoms with E-state index in [-0.39, 0.29) is 41.7 Å². The van der Waals surface area contributed by atoms with Crippen LogP contribution in [0, 0.1) is 0 Å². The maximum absolute atomic E-state index is 11.9. The Morgan fingerprint density at radius 1 is 1.30 bits per heavy atom. The van der Waals surface area contributed by atoms with Crippen LogP contribution in [0.3, 0.4) is 0 Å². The Morgan fingerprint density at radius 2 is 1.90 bits per heavy atom. The molecule has 7 heteroatoms. The summed E-state index contributed by atoms with van der Waals surface area (Å²) in [4.78, 5) is 36.5. The van der Waals surface area contributed by atoms with Gasteiger partial charge in [0.1, 0.15) is 0 Å².